The summed E-state index contributed by atoms with van der Waals surface area (Å²) < 4.78 is 0. The van der Waals surface area contributed by atoms with Crippen LogP contribution in [0.4, 0.5) is 5.69 Å². The summed E-state index contributed by atoms with van der Waals surface area (Å²) in [4.78, 5) is 2.14. The van der Waals surface area contributed by atoms with E-state index in [4.69, 9.17) is 10.9 Å². The van der Waals surface area contributed by atoms with E-state index < -0.39 is 0 Å². The molecule has 0 aromatic heterocycles. The minimum Gasteiger partial charge on any atom is -0.409 e. The minimum absolute atomic E-state index is 0.0695. The van der Waals surface area contributed by atoms with Gasteiger partial charge in [-0.05, 0) is 37.5 Å². The van der Waals surface area contributed by atoms with Crippen LogP contribution in [0.15, 0.2) is 23.4 Å². The Morgan fingerprint density at radius 1 is 1.35 bits per heavy atom. The Bertz CT molecular complexity index is 456. The first-order valence-electron chi connectivity index (χ1n) is 7.05. The fraction of sp³-hybridized carbons (Fsp3) is 0.533. The number of hydrogen-bond donors (Lipinski definition) is 3. The highest BCUT2D eigenvalue weighted by atomic mass is 16.4. The van der Waals surface area contributed by atoms with Crippen LogP contribution in [-0.2, 0) is 0 Å². The lowest BCUT2D eigenvalue weighted by atomic mass is 10.0. The molecule has 0 heterocycles. The van der Waals surface area contributed by atoms with Crippen LogP contribution in [0.3, 0.4) is 0 Å². The molecule has 0 saturated heterocycles. The second-order valence-electron chi connectivity index (χ2n) is 4.89. The number of nitrogens with two attached hydrogens (primary N) is 1. The highest BCUT2D eigenvalue weighted by molar-refractivity contribution is 6.02. The number of nitrogens with zero attached hydrogens (tertiary/aromatic N) is 2. The van der Waals surface area contributed by atoms with Gasteiger partial charge in [-0.3, -0.25) is 0 Å². The molecule has 0 radical (unpaired) electrons. The summed E-state index contributed by atoms with van der Waals surface area (Å²) in [6, 6.07) is 6.11. The van der Waals surface area contributed by atoms with Gasteiger partial charge in [0.05, 0.1) is 6.61 Å². The number of aliphatic hydroxyl groups is 1. The summed E-state index contributed by atoms with van der Waals surface area (Å²) >= 11 is 0. The molecule has 20 heavy (non-hydrogen) atoms. The predicted octanol–water partition coefficient (Wildman–Crippen LogP) is 2.08. The quantitative estimate of drug-likeness (QED) is 0.309. The molecular weight excluding hydrogens is 254 g/mol. The third-order valence-electron chi connectivity index (χ3n) is 3.57. The number of rotatable bonds is 7. The molecule has 1 aromatic carbocycles. The highest BCUT2D eigenvalue weighted by Crippen LogP contribution is 2.26. The van der Waals surface area contributed by atoms with Gasteiger partial charge in [0.25, 0.3) is 0 Å². The molecule has 5 nitrogen and oxygen atoms in total. The third-order valence-corrected chi connectivity index (χ3v) is 3.57. The number of amidine groups is 1. The standard InChI is InChI=1S/C15H25N3O2/c1-4-12(5-2)18(8-9-19)14-10-11(3)6-7-13(14)15(16)17-20/h6-7,10,12,19-20H,4-5,8-9H2,1-3H3,(H2,16,17). The number of benzene rings is 1. The van der Waals surface area contributed by atoms with Crippen molar-refractivity contribution >= 4 is 11.5 Å². The van der Waals surface area contributed by atoms with E-state index in [0.717, 1.165) is 24.1 Å². The van der Waals surface area contributed by atoms with Crippen LogP contribution >= 0.6 is 0 Å². The lowest BCUT2D eigenvalue weighted by molar-refractivity contribution is 0.296. The van der Waals surface area contributed by atoms with Crippen molar-refractivity contribution in [3.05, 3.63) is 29.3 Å². The molecule has 5 heteroatoms. The third kappa shape index (κ3) is 3.63. The van der Waals surface area contributed by atoms with Crippen molar-refractivity contribution in [3.63, 3.8) is 0 Å². The fourth-order valence-electron chi connectivity index (χ4n) is 2.49. The first kappa shape index (κ1) is 16.3. The Morgan fingerprint density at radius 3 is 2.50 bits per heavy atom. The van der Waals surface area contributed by atoms with Crippen molar-refractivity contribution in [2.24, 2.45) is 10.9 Å². The Morgan fingerprint density at radius 2 is 2.00 bits per heavy atom. The van der Waals surface area contributed by atoms with Crippen molar-refractivity contribution in [2.45, 2.75) is 39.7 Å². The van der Waals surface area contributed by atoms with Gasteiger partial charge in [-0.25, -0.2) is 0 Å². The van der Waals surface area contributed by atoms with Crippen LogP contribution < -0.4 is 10.6 Å². The van der Waals surface area contributed by atoms with Gasteiger partial charge in [0.15, 0.2) is 5.84 Å². The molecular formula is C15H25N3O2. The van der Waals surface area contributed by atoms with Crippen molar-refractivity contribution in [2.75, 3.05) is 18.1 Å². The zero-order valence-corrected chi connectivity index (χ0v) is 12.5. The maximum absolute atomic E-state index is 9.34. The van der Waals surface area contributed by atoms with Crippen molar-refractivity contribution in [1.29, 1.82) is 0 Å². The average Bonchev–Trinajstić information content (AvgIpc) is 2.46. The van der Waals surface area contributed by atoms with Crippen molar-refractivity contribution < 1.29 is 10.3 Å². The van der Waals surface area contributed by atoms with E-state index in [1.807, 2.05) is 25.1 Å². The zero-order chi connectivity index (χ0) is 15.1. The van der Waals surface area contributed by atoms with Gasteiger partial charge < -0.3 is 20.9 Å². The summed E-state index contributed by atoms with van der Waals surface area (Å²) in [5.74, 6) is 0.0916. The maximum atomic E-state index is 9.34. The maximum Gasteiger partial charge on any atom is 0.172 e. The molecule has 0 spiro atoms. The topological polar surface area (TPSA) is 82.1 Å². The Balaban J connectivity index is 3.33. The second kappa shape index (κ2) is 7.75. The fourth-order valence-corrected chi connectivity index (χ4v) is 2.49. The monoisotopic (exact) mass is 279 g/mol. The molecule has 0 unspecified atom stereocenters. The van der Waals surface area contributed by atoms with E-state index in [-0.39, 0.29) is 12.4 Å². The van der Waals surface area contributed by atoms with E-state index in [1.54, 1.807) is 0 Å². The molecule has 112 valence electrons. The summed E-state index contributed by atoms with van der Waals surface area (Å²) in [6.07, 6.45) is 1.94. The molecule has 0 aliphatic carbocycles. The Kier molecular flexibility index (Phi) is 6.31. The Labute approximate surface area is 120 Å². The SMILES string of the molecule is CCC(CC)N(CCO)c1cc(C)ccc1C(N)=NO. The van der Waals surface area contributed by atoms with Gasteiger partial charge in [0.2, 0.25) is 0 Å². The molecule has 4 N–H and O–H groups in total. The van der Waals surface area contributed by atoms with Gasteiger partial charge in [0.1, 0.15) is 0 Å². The molecule has 1 aromatic rings. The lowest BCUT2D eigenvalue weighted by Crippen LogP contribution is -2.38. The summed E-state index contributed by atoms with van der Waals surface area (Å²) in [6.45, 7) is 6.85. The number of oxime groups is 1. The molecule has 0 fully saturated rings. The van der Waals surface area contributed by atoms with Crippen LogP contribution in [0.25, 0.3) is 0 Å². The lowest BCUT2D eigenvalue weighted by Gasteiger charge is -2.33. The summed E-state index contributed by atoms with van der Waals surface area (Å²) in [7, 11) is 0. The Hall–Kier alpha value is -1.75. The molecule has 0 bridgehead atoms. The van der Waals surface area contributed by atoms with Gasteiger partial charge >= 0.3 is 0 Å². The van der Waals surface area contributed by atoms with Crippen LogP contribution in [0.5, 0.6) is 0 Å². The zero-order valence-electron chi connectivity index (χ0n) is 12.5. The number of aliphatic hydroxyl groups excluding tert-OH is 1. The smallest absolute Gasteiger partial charge is 0.172 e. The van der Waals surface area contributed by atoms with Crippen LogP contribution in [0, 0.1) is 6.92 Å². The number of anilines is 1. The van der Waals surface area contributed by atoms with Gasteiger partial charge in [-0.2, -0.15) is 0 Å². The van der Waals surface area contributed by atoms with Gasteiger partial charge in [-0.1, -0.05) is 25.1 Å². The highest BCUT2D eigenvalue weighted by Gasteiger charge is 2.20. The summed E-state index contributed by atoms with van der Waals surface area (Å²) in [5, 5.41) is 21.4. The molecule has 1 rings (SSSR count). The van der Waals surface area contributed by atoms with Gasteiger partial charge in [-0.15, -0.1) is 0 Å². The van der Waals surface area contributed by atoms with E-state index in [9.17, 15) is 5.11 Å². The van der Waals surface area contributed by atoms with Crippen LogP contribution in [0.2, 0.25) is 0 Å². The molecule has 0 aliphatic rings. The number of hydrogen-bond acceptors (Lipinski definition) is 4. The first-order chi connectivity index (χ1) is 9.58. The molecule has 0 saturated carbocycles. The molecule has 0 aliphatic heterocycles. The summed E-state index contributed by atoms with van der Waals surface area (Å²) in [5.41, 5.74) is 8.47. The van der Waals surface area contributed by atoms with Gasteiger partial charge in [0, 0.05) is 23.8 Å². The number of aryl methyl sites for hydroxylation is 1. The normalized spacial score (nSPS) is 11.9. The van der Waals surface area contributed by atoms with E-state index >= 15 is 0 Å². The van der Waals surface area contributed by atoms with Crippen molar-refractivity contribution in [1.82, 2.24) is 0 Å². The minimum atomic E-state index is 0.0695. The van der Waals surface area contributed by atoms with E-state index in [1.165, 1.54) is 0 Å². The van der Waals surface area contributed by atoms with E-state index in [0.29, 0.717) is 18.2 Å². The molecule has 0 amide bonds. The molecule has 0 atom stereocenters. The second-order valence-corrected chi connectivity index (χ2v) is 4.89. The average molecular weight is 279 g/mol. The predicted molar refractivity (Wildman–Crippen MR) is 82.5 cm³/mol. The van der Waals surface area contributed by atoms with E-state index in [2.05, 4.69) is 23.9 Å². The first-order valence-corrected chi connectivity index (χ1v) is 7.05. The van der Waals surface area contributed by atoms with Crippen LogP contribution in [0.1, 0.15) is 37.8 Å². The van der Waals surface area contributed by atoms with Crippen LogP contribution in [-0.4, -0.2) is 35.3 Å². The largest absolute Gasteiger partial charge is 0.409 e. The van der Waals surface area contributed by atoms with Crippen molar-refractivity contribution in [3.8, 4) is 0 Å².